The zero-order valence-electron chi connectivity index (χ0n) is 17.6. The molecule has 0 fully saturated rings. The smallest absolute Gasteiger partial charge is 0.223 e. The van der Waals surface area contributed by atoms with Crippen molar-refractivity contribution in [1.29, 1.82) is 0 Å². The van der Waals surface area contributed by atoms with E-state index in [-0.39, 0.29) is 18.0 Å². The van der Waals surface area contributed by atoms with E-state index in [9.17, 15) is 4.79 Å². The fourth-order valence-corrected chi connectivity index (χ4v) is 3.99. The maximum absolute atomic E-state index is 13.2. The standard InChI is InChI=1S/C24H26ClN5O/c1-17(2)15-20(24-28-27-22-7-3-4-14-30(22)24)26-23(31)16-21(29-12-5-6-13-29)18-8-10-19(25)11-9-18/h3-14,17,20-21H,15-16H2,1-2H3,(H,26,31)/t20-,21-/m0/s1. The first-order valence-corrected chi connectivity index (χ1v) is 10.9. The predicted octanol–water partition coefficient (Wildman–Crippen LogP) is 5.07. The molecule has 160 valence electrons. The zero-order valence-corrected chi connectivity index (χ0v) is 18.4. The lowest BCUT2D eigenvalue weighted by Gasteiger charge is -2.23. The fourth-order valence-electron chi connectivity index (χ4n) is 3.86. The van der Waals surface area contributed by atoms with E-state index in [1.165, 1.54) is 0 Å². The van der Waals surface area contributed by atoms with Crippen molar-refractivity contribution in [2.45, 2.75) is 38.8 Å². The van der Waals surface area contributed by atoms with Crippen molar-refractivity contribution in [3.8, 4) is 0 Å². The molecule has 0 spiro atoms. The van der Waals surface area contributed by atoms with Crippen molar-refractivity contribution >= 4 is 23.2 Å². The van der Waals surface area contributed by atoms with Gasteiger partial charge in [0.2, 0.25) is 5.91 Å². The average Bonchev–Trinajstić information content (AvgIpc) is 3.42. The minimum absolute atomic E-state index is 0.0352. The van der Waals surface area contributed by atoms with Gasteiger partial charge in [-0.1, -0.05) is 43.6 Å². The molecular formula is C24H26ClN5O. The average molecular weight is 436 g/mol. The number of hydrogen-bond donors (Lipinski definition) is 1. The molecule has 0 aliphatic rings. The summed E-state index contributed by atoms with van der Waals surface area (Å²) in [5.41, 5.74) is 1.80. The Morgan fingerprint density at radius 1 is 1.00 bits per heavy atom. The van der Waals surface area contributed by atoms with Crippen LogP contribution in [0.25, 0.3) is 5.65 Å². The van der Waals surface area contributed by atoms with Crippen LogP contribution in [0.3, 0.4) is 0 Å². The number of carbonyl (C=O) groups excluding carboxylic acids is 1. The second-order valence-electron chi connectivity index (χ2n) is 8.14. The first kappa shape index (κ1) is 21.1. The van der Waals surface area contributed by atoms with Crippen LogP contribution in [0.1, 0.15) is 50.2 Å². The molecule has 4 aromatic rings. The van der Waals surface area contributed by atoms with Crippen LogP contribution in [0.4, 0.5) is 0 Å². The topological polar surface area (TPSA) is 64.2 Å². The molecule has 6 nitrogen and oxygen atoms in total. The van der Waals surface area contributed by atoms with E-state index in [1.54, 1.807) is 0 Å². The minimum atomic E-state index is -0.222. The molecule has 0 unspecified atom stereocenters. The lowest BCUT2D eigenvalue weighted by atomic mass is 10.0. The summed E-state index contributed by atoms with van der Waals surface area (Å²) in [5.74, 6) is 1.10. The van der Waals surface area contributed by atoms with Crippen LogP contribution >= 0.6 is 11.6 Å². The summed E-state index contributed by atoms with van der Waals surface area (Å²) in [6.07, 6.45) is 6.97. The predicted molar refractivity (Wildman–Crippen MR) is 122 cm³/mol. The maximum Gasteiger partial charge on any atom is 0.223 e. The van der Waals surface area contributed by atoms with Crippen LogP contribution in [0.15, 0.2) is 73.2 Å². The van der Waals surface area contributed by atoms with Gasteiger partial charge in [0.15, 0.2) is 11.5 Å². The number of carbonyl (C=O) groups is 1. The third-order valence-corrected chi connectivity index (χ3v) is 5.57. The third-order valence-electron chi connectivity index (χ3n) is 5.32. The van der Waals surface area contributed by atoms with Gasteiger partial charge in [0.05, 0.1) is 18.5 Å². The number of hydrogen-bond acceptors (Lipinski definition) is 3. The van der Waals surface area contributed by atoms with E-state index in [0.717, 1.165) is 23.5 Å². The number of benzene rings is 1. The number of nitrogens with zero attached hydrogens (tertiary/aromatic N) is 4. The van der Waals surface area contributed by atoms with E-state index in [0.29, 0.717) is 17.4 Å². The first-order valence-electron chi connectivity index (χ1n) is 10.5. The molecule has 7 heteroatoms. The van der Waals surface area contributed by atoms with Gasteiger partial charge in [-0.3, -0.25) is 9.20 Å². The minimum Gasteiger partial charge on any atom is -0.346 e. The monoisotopic (exact) mass is 435 g/mol. The quantitative estimate of drug-likeness (QED) is 0.420. The molecule has 1 N–H and O–H groups in total. The van der Waals surface area contributed by atoms with Crippen LogP contribution in [0, 0.1) is 5.92 Å². The summed E-state index contributed by atoms with van der Waals surface area (Å²) in [7, 11) is 0. The lowest BCUT2D eigenvalue weighted by molar-refractivity contribution is -0.122. The summed E-state index contributed by atoms with van der Waals surface area (Å²) in [6, 6.07) is 17.0. The number of halogens is 1. The molecule has 0 saturated heterocycles. The molecule has 4 rings (SSSR count). The molecule has 3 aromatic heterocycles. The summed E-state index contributed by atoms with van der Waals surface area (Å²) in [5, 5.41) is 12.5. The van der Waals surface area contributed by atoms with E-state index in [4.69, 9.17) is 11.6 Å². The lowest BCUT2D eigenvalue weighted by Crippen LogP contribution is -2.32. The Balaban J connectivity index is 1.58. The zero-order chi connectivity index (χ0) is 21.8. The van der Waals surface area contributed by atoms with Gasteiger partial charge >= 0.3 is 0 Å². The summed E-state index contributed by atoms with van der Waals surface area (Å²) in [6.45, 7) is 4.28. The summed E-state index contributed by atoms with van der Waals surface area (Å²) in [4.78, 5) is 13.2. The number of rotatable bonds is 8. The number of aromatic nitrogens is 4. The van der Waals surface area contributed by atoms with Crippen molar-refractivity contribution in [2.24, 2.45) is 5.92 Å². The van der Waals surface area contributed by atoms with Gasteiger partial charge in [-0.05, 0) is 54.3 Å². The van der Waals surface area contributed by atoms with Gasteiger partial charge in [0, 0.05) is 23.6 Å². The van der Waals surface area contributed by atoms with Crippen LogP contribution in [0.5, 0.6) is 0 Å². The van der Waals surface area contributed by atoms with Crippen LogP contribution in [-0.2, 0) is 4.79 Å². The molecule has 0 bridgehead atoms. The Bertz CT molecular complexity index is 1130. The molecule has 0 aliphatic carbocycles. The van der Waals surface area contributed by atoms with Crippen molar-refractivity contribution in [3.05, 3.63) is 89.6 Å². The van der Waals surface area contributed by atoms with Crippen molar-refractivity contribution in [3.63, 3.8) is 0 Å². The molecule has 3 heterocycles. The molecule has 0 aliphatic heterocycles. The Kier molecular flexibility index (Phi) is 6.37. The van der Waals surface area contributed by atoms with Gasteiger partial charge in [-0.25, -0.2) is 0 Å². The van der Waals surface area contributed by atoms with Gasteiger partial charge in [0.25, 0.3) is 0 Å². The Morgan fingerprint density at radius 2 is 1.71 bits per heavy atom. The highest BCUT2D eigenvalue weighted by molar-refractivity contribution is 6.30. The van der Waals surface area contributed by atoms with E-state index < -0.39 is 0 Å². The van der Waals surface area contributed by atoms with Crippen LogP contribution in [0.2, 0.25) is 5.02 Å². The highest BCUT2D eigenvalue weighted by Crippen LogP contribution is 2.26. The number of amides is 1. The molecule has 0 radical (unpaired) electrons. The number of pyridine rings is 1. The second-order valence-corrected chi connectivity index (χ2v) is 8.57. The van der Waals surface area contributed by atoms with Crippen molar-refractivity contribution in [2.75, 3.05) is 0 Å². The molecule has 31 heavy (non-hydrogen) atoms. The largest absolute Gasteiger partial charge is 0.346 e. The fraction of sp³-hybridized carbons (Fsp3) is 0.292. The molecular weight excluding hydrogens is 410 g/mol. The van der Waals surface area contributed by atoms with E-state index in [1.807, 2.05) is 82.2 Å². The van der Waals surface area contributed by atoms with Crippen molar-refractivity contribution < 1.29 is 4.79 Å². The number of nitrogens with one attached hydrogen (secondary N) is 1. The molecule has 1 amide bonds. The van der Waals surface area contributed by atoms with Crippen LogP contribution in [-0.4, -0.2) is 25.1 Å². The highest BCUT2D eigenvalue weighted by Gasteiger charge is 2.24. The van der Waals surface area contributed by atoms with Gasteiger partial charge < -0.3 is 9.88 Å². The van der Waals surface area contributed by atoms with E-state index in [2.05, 4.69) is 29.4 Å². The maximum atomic E-state index is 13.2. The third kappa shape index (κ3) is 4.97. The second kappa shape index (κ2) is 9.35. The van der Waals surface area contributed by atoms with Gasteiger partial charge in [0.1, 0.15) is 0 Å². The number of fused-ring (bicyclic) bond motifs is 1. The molecule has 2 atom stereocenters. The SMILES string of the molecule is CC(C)C[C@H](NC(=O)C[C@@H](c1ccc(Cl)cc1)n1cccc1)c1nnc2ccccn12. The molecule has 1 aromatic carbocycles. The Labute approximate surface area is 186 Å². The van der Waals surface area contributed by atoms with Crippen molar-refractivity contribution in [1.82, 2.24) is 24.5 Å². The Hall–Kier alpha value is -3.12. The van der Waals surface area contributed by atoms with E-state index >= 15 is 0 Å². The highest BCUT2D eigenvalue weighted by atomic mass is 35.5. The molecule has 0 saturated carbocycles. The first-order chi connectivity index (χ1) is 15.0. The van der Waals surface area contributed by atoms with Gasteiger partial charge in [-0.2, -0.15) is 0 Å². The van der Waals surface area contributed by atoms with Crippen LogP contribution < -0.4 is 5.32 Å². The Morgan fingerprint density at radius 3 is 2.42 bits per heavy atom. The summed E-state index contributed by atoms with van der Waals surface area (Å²) < 4.78 is 3.99. The summed E-state index contributed by atoms with van der Waals surface area (Å²) >= 11 is 6.07. The van der Waals surface area contributed by atoms with Gasteiger partial charge in [-0.15, -0.1) is 10.2 Å². The normalized spacial score (nSPS) is 13.4.